The SMILES string of the molecule is Cc1cccc(C)c1-n1nnnc1CNCCn1cccn1. The normalized spacial score (nSPS) is 11.0. The fourth-order valence-electron chi connectivity index (χ4n) is 2.46. The third kappa shape index (κ3) is 3.04. The van der Waals surface area contributed by atoms with E-state index in [1.807, 2.05) is 27.7 Å². The molecule has 7 nitrogen and oxygen atoms in total. The summed E-state index contributed by atoms with van der Waals surface area (Å²) in [6, 6.07) is 8.10. The lowest BCUT2D eigenvalue weighted by atomic mass is 10.1. The average Bonchev–Trinajstić information content (AvgIpc) is 3.15. The van der Waals surface area contributed by atoms with E-state index < -0.39 is 0 Å². The number of para-hydroxylation sites is 1. The highest BCUT2D eigenvalue weighted by Gasteiger charge is 2.12. The van der Waals surface area contributed by atoms with Crippen LogP contribution in [0.4, 0.5) is 0 Å². The van der Waals surface area contributed by atoms with E-state index >= 15 is 0 Å². The van der Waals surface area contributed by atoms with Gasteiger partial charge >= 0.3 is 0 Å². The summed E-state index contributed by atoms with van der Waals surface area (Å²) in [4.78, 5) is 0. The van der Waals surface area contributed by atoms with Crippen LogP contribution in [0, 0.1) is 13.8 Å². The van der Waals surface area contributed by atoms with E-state index in [1.54, 1.807) is 6.20 Å². The van der Waals surface area contributed by atoms with Crippen molar-refractivity contribution in [2.24, 2.45) is 0 Å². The largest absolute Gasteiger partial charge is 0.308 e. The fraction of sp³-hybridized carbons (Fsp3) is 0.333. The lowest BCUT2D eigenvalue weighted by molar-refractivity contribution is 0.543. The summed E-state index contributed by atoms with van der Waals surface area (Å²) < 4.78 is 3.70. The molecular weight excluding hydrogens is 278 g/mol. The maximum atomic E-state index is 4.17. The van der Waals surface area contributed by atoms with Gasteiger partial charge in [0.05, 0.1) is 18.8 Å². The number of benzene rings is 1. The zero-order chi connectivity index (χ0) is 15.4. The number of hydrogen-bond acceptors (Lipinski definition) is 5. The van der Waals surface area contributed by atoms with Crippen LogP contribution in [0.1, 0.15) is 17.0 Å². The number of hydrogen-bond donors (Lipinski definition) is 1. The number of aryl methyl sites for hydroxylation is 2. The molecule has 2 aromatic heterocycles. The summed E-state index contributed by atoms with van der Waals surface area (Å²) in [6.45, 7) is 6.37. The lowest BCUT2D eigenvalue weighted by Crippen LogP contribution is -2.22. The highest BCUT2D eigenvalue weighted by molar-refractivity contribution is 5.46. The molecule has 0 aliphatic rings. The minimum Gasteiger partial charge on any atom is -0.308 e. The van der Waals surface area contributed by atoms with E-state index in [9.17, 15) is 0 Å². The first-order chi connectivity index (χ1) is 10.8. The van der Waals surface area contributed by atoms with E-state index in [2.05, 4.69) is 51.9 Å². The van der Waals surface area contributed by atoms with Crippen molar-refractivity contribution in [1.29, 1.82) is 0 Å². The first kappa shape index (κ1) is 14.4. The van der Waals surface area contributed by atoms with Crippen LogP contribution >= 0.6 is 0 Å². The van der Waals surface area contributed by atoms with E-state index in [0.717, 1.165) is 35.7 Å². The van der Waals surface area contributed by atoms with Gasteiger partial charge in [-0.15, -0.1) is 5.10 Å². The molecular formula is C15H19N7. The number of tetrazole rings is 1. The quantitative estimate of drug-likeness (QED) is 0.694. The van der Waals surface area contributed by atoms with Gasteiger partial charge in [0.25, 0.3) is 0 Å². The van der Waals surface area contributed by atoms with Crippen LogP contribution in [0.25, 0.3) is 5.69 Å². The molecule has 0 bridgehead atoms. The zero-order valence-corrected chi connectivity index (χ0v) is 12.8. The standard InChI is InChI=1S/C15H19N7/c1-12-5-3-6-13(2)15(12)22-14(18-19-20-22)11-16-8-10-21-9-4-7-17-21/h3-7,9,16H,8,10-11H2,1-2H3. The molecule has 3 aromatic rings. The molecule has 0 aliphatic carbocycles. The smallest absolute Gasteiger partial charge is 0.170 e. The van der Waals surface area contributed by atoms with Gasteiger partial charge in [-0.1, -0.05) is 18.2 Å². The Balaban J connectivity index is 1.67. The Morgan fingerprint density at radius 3 is 2.68 bits per heavy atom. The summed E-state index contributed by atoms with van der Waals surface area (Å²) in [5.74, 6) is 0.804. The van der Waals surface area contributed by atoms with Crippen molar-refractivity contribution in [3.8, 4) is 5.69 Å². The van der Waals surface area contributed by atoms with Gasteiger partial charge in [0.15, 0.2) is 5.82 Å². The third-order valence-electron chi connectivity index (χ3n) is 3.55. The molecule has 0 aliphatic heterocycles. The van der Waals surface area contributed by atoms with Crippen molar-refractivity contribution in [2.75, 3.05) is 6.54 Å². The molecule has 0 fully saturated rings. The predicted molar refractivity (Wildman–Crippen MR) is 82.6 cm³/mol. The second-order valence-electron chi connectivity index (χ2n) is 5.19. The molecule has 1 N–H and O–H groups in total. The van der Waals surface area contributed by atoms with Gasteiger partial charge in [0, 0.05) is 18.9 Å². The number of nitrogens with one attached hydrogen (secondary N) is 1. The number of aromatic nitrogens is 6. The van der Waals surface area contributed by atoms with Gasteiger partial charge in [-0.2, -0.15) is 9.78 Å². The minimum absolute atomic E-state index is 0.613. The highest BCUT2D eigenvalue weighted by atomic mass is 15.5. The van der Waals surface area contributed by atoms with Crippen LogP contribution in [0.2, 0.25) is 0 Å². The molecule has 0 saturated carbocycles. The molecule has 1 aromatic carbocycles. The van der Waals surface area contributed by atoms with Crippen LogP contribution in [-0.2, 0) is 13.1 Å². The van der Waals surface area contributed by atoms with Crippen molar-refractivity contribution >= 4 is 0 Å². The van der Waals surface area contributed by atoms with E-state index in [0.29, 0.717) is 6.54 Å². The summed E-state index contributed by atoms with van der Waals surface area (Å²) in [5.41, 5.74) is 3.37. The molecule has 7 heteroatoms. The van der Waals surface area contributed by atoms with Gasteiger partial charge in [-0.25, -0.2) is 0 Å². The van der Waals surface area contributed by atoms with Crippen LogP contribution in [0.15, 0.2) is 36.7 Å². The first-order valence-electron chi connectivity index (χ1n) is 7.27. The number of rotatable bonds is 6. The molecule has 114 valence electrons. The second-order valence-corrected chi connectivity index (χ2v) is 5.19. The minimum atomic E-state index is 0.613. The average molecular weight is 297 g/mol. The van der Waals surface area contributed by atoms with Gasteiger partial charge in [0.1, 0.15) is 0 Å². The van der Waals surface area contributed by atoms with Crippen molar-refractivity contribution in [2.45, 2.75) is 26.9 Å². The topological polar surface area (TPSA) is 73.5 Å². The van der Waals surface area contributed by atoms with Crippen molar-refractivity contribution < 1.29 is 0 Å². The van der Waals surface area contributed by atoms with Crippen LogP contribution in [0.3, 0.4) is 0 Å². The molecule has 0 atom stereocenters. The summed E-state index contributed by atoms with van der Waals surface area (Å²) >= 11 is 0. The van der Waals surface area contributed by atoms with Gasteiger partial charge in [-0.3, -0.25) is 4.68 Å². The Kier molecular flexibility index (Phi) is 4.24. The van der Waals surface area contributed by atoms with Gasteiger partial charge < -0.3 is 5.32 Å². The molecule has 0 unspecified atom stereocenters. The van der Waals surface area contributed by atoms with Crippen molar-refractivity contribution in [1.82, 2.24) is 35.3 Å². The zero-order valence-electron chi connectivity index (χ0n) is 12.8. The Morgan fingerprint density at radius 2 is 1.95 bits per heavy atom. The maximum absolute atomic E-state index is 4.17. The predicted octanol–water partition coefficient (Wildman–Crippen LogP) is 1.27. The van der Waals surface area contributed by atoms with E-state index in [1.165, 1.54) is 0 Å². The van der Waals surface area contributed by atoms with Crippen molar-refractivity contribution in [3.63, 3.8) is 0 Å². The second kappa shape index (κ2) is 6.48. The van der Waals surface area contributed by atoms with Gasteiger partial charge in [-0.05, 0) is 41.5 Å². The Bertz CT molecular complexity index is 710. The van der Waals surface area contributed by atoms with E-state index in [-0.39, 0.29) is 0 Å². The monoisotopic (exact) mass is 297 g/mol. The van der Waals surface area contributed by atoms with Crippen LogP contribution < -0.4 is 5.32 Å². The van der Waals surface area contributed by atoms with Crippen molar-refractivity contribution in [3.05, 3.63) is 53.6 Å². The first-order valence-corrected chi connectivity index (χ1v) is 7.27. The summed E-state index contributed by atoms with van der Waals surface area (Å²) in [7, 11) is 0. The summed E-state index contributed by atoms with van der Waals surface area (Å²) in [6.07, 6.45) is 3.73. The van der Waals surface area contributed by atoms with E-state index in [4.69, 9.17) is 0 Å². The maximum Gasteiger partial charge on any atom is 0.170 e. The lowest BCUT2D eigenvalue weighted by Gasteiger charge is -2.11. The third-order valence-corrected chi connectivity index (χ3v) is 3.55. The molecule has 0 spiro atoms. The number of nitrogens with zero attached hydrogens (tertiary/aromatic N) is 6. The Hall–Kier alpha value is -2.54. The Labute approximate surface area is 129 Å². The molecule has 0 amide bonds. The molecule has 22 heavy (non-hydrogen) atoms. The highest BCUT2D eigenvalue weighted by Crippen LogP contribution is 2.18. The molecule has 0 saturated heterocycles. The molecule has 3 rings (SSSR count). The molecule has 2 heterocycles. The van der Waals surface area contributed by atoms with Gasteiger partial charge in [0.2, 0.25) is 0 Å². The van der Waals surface area contributed by atoms with Crippen LogP contribution in [0.5, 0.6) is 0 Å². The fourth-order valence-corrected chi connectivity index (χ4v) is 2.46. The Morgan fingerprint density at radius 1 is 1.14 bits per heavy atom. The summed E-state index contributed by atoms with van der Waals surface area (Å²) in [5, 5.41) is 19.6. The molecule has 0 radical (unpaired) electrons. The van der Waals surface area contributed by atoms with Crippen LogP contribution in [-0.4, -0.2) is 36.5 Å².